The molecule has 1 atom stereocenters. The minimum absolute atomic E-state index is 0.156. The molecular formula is C8H16N2O. The van der Waals surface area contributed by atoms with Gasteiger partial charge in [0.05, 0.1) is 19.1 Å². The second kappa shape index (κ2) is 6.14. The molecule has 0 spiro atoms. The topological polar surface area (TPSA) is 36.3 Å². The Bertz CT molecular complexity index is 129. The molecule has 0 N–H and O–H groups in total. The fourth-order valence-corrected chi connectivity index (χ4v) is 0.873. The molecule has 0 aromatic rings. The van der Waals surface area contributed by atoms with Crippen molar-refractivity contribution in [2.75, 3.05) is 20.7 Å². The number of hydrogen-bond acceptors (Lipinski definition) is 3. The smallest absolute Gasteiger partial charge is 0.109 e. The zero-order valence-corrected chi connectivity index (χ0v) is 7.50. The van der Waals surface area contributed by atoms with Crippen LogP contribution in [0.1, 0.15) is 19.8 Å². The fourth-order valence-electron chi connectivity index (χ4n) is 0.873. The van der Waals surface area contributed by atoms with Gasteiger partial charge in [-0.2, -0.15) is 5.26 Å². The van der Waals surface area contributed by atoms with Crippen molar-refractivity contribution in [3.05, 3.63) is 0 Å². The Labute approximate surface area is 68.6 Å². The van der Waals surface area contributed by atoms with Crippen LogP contribution in [0.15, 0.2) is 0 Å². The van der Waals surface area contributed by atoms with Crippen molar-refractivity contribution >= 4 is 0 Å². The van der Waals surface area contributed by atoms with E-state index >= 15 is 0 Å². The van der Waals surface area contributed by atoms with E-state index in [-0.39, 0.29) is 6.23 Å². The first-order chi connectivity index (χ1) is 5.22. The van der Waals surface area contributed by atoms with Gasteiger partial charge in [0.1, 0.15) is 6.23 Å². The summed E-state index contributed by atoms with van der Waals surface area (Å²) in [6.07, 6.45) is 1.59. The van der Waals surface area contributed by atoms with Crippen molar-refractivity contribution in [2.45, 2.75) is 26.0 Å². The SMILES string of the molecule is CCC(OCCC#N)N(C)C. The molecule has 0 radical (unpaired) electrons. The predicted octanol–water partition coefficient (Wildman–Crippen LogP) is 1.21. The maximum Gasteiger partial charge on any atom is 0.109 e. The van der Waals surface area contributed by atoms with Crippen molar-refractivity contribution in [3.63, 3.8) is 0 Å². The second-order valence-corrected chi connectivity index (χ2v) is 2.61. The normalized spacial score (nSPS) is 13.0. The van der Waals surface area contributed by atoms with Crippen LogP contribution in [-0.4, -0.2) is 31.8 Å². The van der Waals surface area contributed by atoms with Crippen molar-refractivity contribution in [1.29, 1.82) is 5.26 Å². The van der Waals surface area contributed by atoms with Crippen molar-refractivity contribution in [3.8, 4) is 6.07 Å². The Morgan fingerprint density at radius 2 is 2.18 bits per heavy atom. The minimum Gasteiger partial charge on any atom is -0.362 e. The molecule has 0 aliphatic heterocycles. The first-order valence-corrected chi connectivity index (χ1v) is 3.87. The Hall–Kier alpha value is -0.590. The highest BCUT2D eigenvalue weighted by molar-refractivity contribution is 4.67. The van der Waals surface area contributed by atoms with E-state index in [0.29, 0.717) is 13.0 Å². The van der Waals surface area contributed by atoms with Gasteiger partial charge in [-0.25, -0.2) is 0 Å². The van der Waals surface area contributed by atoms with Crippen molar-refractivity contribution in [1.82, 2.24) is 4.90 Å². The van der Waals surface area contributed by atoms with Crippen LogP contribution in [0.5, 0.6) is 0 Å². The lowest BCUT2D eigenvalue weighted by molar-refractivity contribution is -0.0353. The van der Waals surface area contributed by atoms with Gasteiger partial charge in [0.25, 0.3) is 0 Å². The van der Waals surface area contributed by atoms with Gasteiger partial charge < -0.3 is 4.74 Å². The van der Waals surface area contributed by atoms with Crippen molar-refractivity contribution in [2.24, 2.45) is 0 Å². The third kappa shape index (κ3) is 4.77. The van der Waals surface area contributed by atoms with E-state index in [2.05, 4.69) is 6.92 Å². The number of nitrogens with zero attached hydrogens (tertiary/aromatic N) is 2. The van der Waals surface area contributed by atoms with Gasteiger partial charge in [-0.3, -0.25) is 4.90 Å². The molecule has 0 saturated heterocycles. The zero-order chi connectivity index (χ0) is 8.69. The number of nitriles is 1. The number of hydrogen-bond donors (Lipinski definition) is 0. The molecule has 0 rings (SSSR count). The van der Waals surface area contributed by atoms with Gasteiger partial charge in [-0.05, 0) is 20.5 Å². The second-order valence-electron chi connectivity index (χ2n) is 2.61. The summed E-state index contributed by atoms with van der Waals surface area (Å²) in [5.41, 5.74) is 0. The lowest BCUT2D eigenvalue weighted by Gasteiger charge is -2.22. The first kappa shape index (κ1) is 10.4. The van der Waals surface area contributed by atoms with Crippen LogP contribution < -0.4 is 0 Å². The summed E-state index contributed by atoms with van der Waals surface area (Å²) in [5.74, 6) is 0. The average molecular weight is 156 g/mol. The molecule has 3 nitrogen and oxygen atoms in total. The van der Waals surface area contributed by atoms with Gasteiger partial charge >= 0.3 is 0 Å². The van der Waals surface area contributed by atoms with Crippen LogP contribution >= 0.6 is 0 Å². The average Bonchev–Trinajstić information content (AvgIpc) is 1.97. The van der Waals surface area contributed by atoms with Crippen LogP contribution in [0, 0.1) is 11.3 Å². The molecule has 1 unspecified atom stereocenters. The van der Waals surface area contributed by atoms with E-state index in [0.717, 1.165) is 6.42 Å². The minimum atomic E-state index is 0.156. The number of rotatable bonds is 5. The largest absolute Gasteiger partial charge is 0.362 e. The first-order valence-electron chi connectivity index (χ1n) is 3.87. The van der Waals surface area contributed by atoms with Gasteiger partial charge in [-0.15, -0.1) is 0 Å². The quantitative estimate of drug-likeness (QED) is 0.443. The molecule has 0 aliphatic rings. The number of ether oxygens (including phenoxy) is 1. The Balaban J connectivity index is 3.46. The molecule has 0 heterocycles. The molecule has 11 heavy (non-hydrogen) atoms. The van der Waals surface area contributed by atoms with E-state index in [1.165, 1.54) is 0 Å². The molecule has 0 saturated carbocycles. The maximum absolute atomic E-state index is 8.25. The standard InChI is InChI=1S/C8H16N2O/c1-4-8(10(2)3)11-7-5-6-9/h8H,4-5,7H2,1-3H3. The summed E-state index contributed by atoms with van der Waals surface area (Å²) >= 11 is 0. The molecule has 64 valence electrons. The summed E-state index contributed by atoms with van der Waals surface area (Å²) in [7, 11) is 3.95. The highest BCUT2D eigenvalue weighted by Gasteiger charge is 2.07. The summed E-state index contributed by atoms with van der Waals surface area (Å²) in [6, 6.07) is 2.04. The molecule has 0 aromatic heterocycles. The van der Waals surface area contributed by atoms with Crippen molar-refractivity contribution < 1.29 is 4.74 Å². The summed E-state index contributed by atoms with van der Waals surface area (Å²) in [4.78, 5) is 2.01. The Morgan fingerprint density at radius 3 is 2.55 bits per heavy atom. The van der Waals surface area contributed by atoms with E-state index in [1.54, 1.807) is 0 Å². The Morgan fingerprint density at radius 1 is 1.55 bits per heavy atom. The van der Waals surface area contributed by atoms with E-state index < -0.39 is 0 Å². The molecule has 3 heteroatoms. The third-order valence-corrected chi connectivity index (χ3v) is 1.45. The highest BCUT2D eigenvalue weighted by Crippen LogP contribution is 2.00. The molecule has 0 amide bonds. The van der Waals surface area contributed by atoms with E-state index in [9.17, 15) is 0 Å². The van der Waals surface area contributed by atoms with Crippen LogP contribution in [0.25, 0.3) is 0 Å². The van der Waals surface area contributed by atoms with Gasteiger partial charge in [0.2, 0.25) is 0 Å². The molecule has 0 aromatic carbocycles. The summed E-state index contributed by atoms with van der Waals surface area (Å²) < 4.78 is 5.40. The summed E-state index contributed by atoms with van der Waals surface area (Å²) in [6.45, 7) is 2.60. The highest BCUT2D eigenvalue weighted by atomic mass is 16.5. The van der Waals surface area contributed by atoms with Gasteiger partial charge in [-0.1, -0.05) is 6.92 Å². The van der Waals surface area contributed by atoms with Crippen LogP contribution in [0.4, 0.5) is 0 Å². The zero-order valence-electron chi connectivity index (χ0n) is 7.50. The molecule has 0 fully saturated rings. The fraction of sp³-hybridized carbons (Fsp3) is 0.875. The van der Waals surface area contributed by atoms with E-state index in [4.69, 9.17) is 10.00 Å². The monoisotopic (exact) mass is 156 g/mol. The van der Waals surface area contributed by atoms with Crippen LogP contribution in [-0.2, 0) is 4.74 Å². The maximum atomic E-state index is 8.25. The summed E-state index contributed by atoms with van der Waals surface area (Å²) in [5, 5.41) is 8.25. The lowest BCUT2D eigenvalue weighted by Crippen LogP contribution is -2.30. The van der Waals surface area contributed by atoms with Crippen LogP contribution in [0.3, 0.4) is 0 Å². The van der Waals surface area contributed by atoms with E-state index in [1.807, 2.05) is 25.1 Å². The predicted molar refractivity (Wildman–Crippen MR) is 43.9 cm³/mol. The Kier molecular flexibility index (Phi) is 5.81. The molecule has 0 aliphatic carbocycles. The van der Waals surface area contributed by atoms with Gasteiger partial charge in [0, 0.05) is 0 Å². The van der Waals surface area contributed by atoms with Gasteiger partial charge in [0.15, 0.2) is 0 Å². The lowest BCUT2D eigenvalue weighted by atomic mass is 10.4. The van der Waals surface area contributed by atoms with Crippen LogP contribution in [0.2, 0.25) is 0 Å². The molecular weight excluding hydrogens is 140 g/mol. The third-order valence-electron chi connectivity index (χ3n) is 1.45. The molecule has 0 bridgehead atoms.